The quantitative estimate of drug-likeness (QED) is 0.190. The minimum atomic E-state index is -0.144. The van der Waals surface area contributed by atoms with Gasteiger partial charge in [0.15, 0.2) is 11.2 Å². The monoisotopic (exact) mass is 653 g/mol. The molecule has 0 N–H and O–H groups in total. The zero-order chi connectivity index (χ0) is 34.7. The van der Waals surface area contributed by atoms with Crippen molar-refractivity contribution >= 4 is 60.9 Å². The number of fused-ring (bicyclic) bond motifs is 9. The van der Waals surface area contributed by atoms with Gasteiger partial charge in [0.05, 0.1) is 11.4 Å². The maximum Gasteiger partial charge on any atom is 0.159 e. The Labute approximate surface area is 294 Å². The molecule has 2 heterocycles. The van der Waals surface area contributed by atoms with Gasteiger partial charge in [0.1, 0.15) is 11.2 Å². The molecule has 248 valence electrons. The summed E-state index contributed by atoms with van der Waals surface area (Å²) in [4.78, 5) is 2.36. The molecule has 2 aromatic heterocycles. The zero-order valence-electron chi connectivity index (χ0n) is 30.2. The molecule has 0 aliphatic heterocycles. The predicted molar refractivity (Wildman–Crippen MR) is 211 cm³/mol. The van der Waals surface area contributed by atoms with Gasteiger partial charge < -0.3 is 13.7 Å². The first kappa shape index (κ1) is 30.8. The number of para-hydroxylation sites is 3. The van der Waals surface area contributed by atoms with E-state index in [1.165, 1.54) is 33.4 Å². The number of benzene rings is 6. The van der Waals surface area contributed by atoms with E-state index in [9.17, 15) is 0 Å². The van der Waals surface area contributed by atoms with Crippen molar-refractivity contribution in [3.63, 3.8) is 0 Å². The van der Waals surface area contributed by atoms with Crippen LogP contribution in [0.2, 0.25) is 0 Å². The molecule has 0 fully saturated rings. The number of anilines is 3. The maximum absolute atomic E-state index is 7.12. The summed E-state index contributed by atoms with van der Waals surface area (Å²) in [6, 6.07) is 41.9. The van der Waals surface area contributed by atoms with Crippen molar-refractivity contribution in [2.45, 2.75) is 71.6 Å². The summed E-state index contributed by atoms with van der Waals surface area (Å²) in [5.74, 6) is 0. The van der Waals surface area contributed by atoms with Crippen LogP contribution in [0.5, 0.6) is 0 Å². The van der Waals surface area contributed by atoms with Gasteiger partial charge in [-0.3, -0.25) is 0 Å². The van der Waals surface area contributed by atoms with Gasteiger partial charge in [-0.2, -0.15) is 0 Å². The molecule has 0 amide bonds. The van der Waals surface area contributed by atoms with Gasteiger partial charge in [-0.15, -0.1) is 0 Å². The van der Waals surface area contributed by atoms with Crippen molar-refractivity contribution in [1.82, 2.24) is 0 Å². The molecule has 0 saturated heterocycles. The summed E-state index contributed by atoms with van der Waals surface area (Å²) in [6.07, 6.45) is 0. The van der Waals surface area contributed by atoms with Crippen molar-refractivity contribution in [2.24, 2.45) is 0 Å². The van der Waals surface area contributed by atoms with E-state index < -0.39 is 0 Å². The fraction of sp³-hybridized carbons (Fsp3) is 0.234. The van der Waals surface area contributed by atoms with E-state index in [1.54, 1.807) is 0 Å². The normalized spacial score (nSPS) is 14.2. The van der Waals surface area contributed by atoms with Gasteiger partial charge in [-0.1, -0.05) is 134 Å². The van der Waals surface area contributed by atoms with Crippen molar-refractivity contribution in [3.05, 3.63) is 138 Å². The molecule has 1 aliphatic carbocycles. The Balaban J connectivity index is 1.37. The third-order valence-electron chi connectivity index (χ3n) is 10.9. The first-order valence-corrected chi connectivity index (χ1v) is 17.8. The third-order valence-corrected chi connectivity index (χ3v) is 10.9. The summed E-state index contributed by atoms with van der Waals surface area (Å²) in [7, 11) is 0. The Kier molecular flexibility index (Phi) is 6.38. The predicted octanol–water partition coefficient (Wildman–Crippen LogP) is 13.9. The molecule has 0 unspecified atom stereocenters. The highest BCUT2D eigenvalue weighted by Crippen LogP contribution is 2.52. The Morgan fingerprint density at radius 2 is 1.12 bits per heavy atom. The number of nitrogens with zero attached hydrogens (tertiary/aromatic N) is 1. The second-order valence-electron chi connectivity index (χ2n) is 16.6. The fourth-order valence-electron chi connectivity index (χ4n) is 8.20. The summed E-state index contributed by atoms with van der Waals surface area (Å²) in [6.45, 7) is 18.4. The van der Waals surface area contributed by atoms with Crippen LogP contribution in [0.25, 0.3) is 55.0 Å². The minimum Gasteiger partial charge on any atom is -0.454 e. The first-order valence-electron chi connectivity index (χ1n) is 17.8. The van der Waals surface area contributed by atoms with Gasteiger partial charge in [-0.25, -0.2) is 0 Å². The summed E-state index contributed by atoms with van der Waals surface area (Å²) in [5.41, 5.74) is 14.2. The van der Waals surface area contributed by atoms with E-state index in [4.69, 9.17) is 8.83 Å². The number of rotatable bonds is 3. The van der Waals surface area contributed by atoms with Gasteiger partial charge in [0.2, 0.25) is 0 Å². The van der Waals surface area contributed by atoms with E-state index in [0.717, 1.165) is 60.9 Å². The van der Waals surface area contributed by atoms with Gasteiger partial charge in [0, 0.05) is 38.2 Å². The van der Waals surface area contributed by atoms with Crippen LogP contribution in [0.15, 0.2) is 124 Å². The molecular formula is C47H43NO2. The lowest BCUT2D eigenvalue weighted by atomic mass is 9.79. The van der Waals surface area contributed by atoms with Crippen LogP contribution in [0.3, 0.4) is 0 Å². The van der Waals surface area contributed by atoms with E-state index in [-0.39, 0.29) is 16.2 Å². The van der Waals surface area contributed by atoms with Crippen LogP contribution >= 0.6 is 0 Å². The minimum absolute atomic E-state index is 0.00678. The molecule has 1 aliphatic rings. The van der Waals surface area contributed by atoms with Crippen molar-refractivity contribution in [2.75, 3.05) is 4.90 Å². The Bertz CT molecular complexity index is 2650. The third kappa shape index (κ3) is 4.42. The number of furan rings is 2. The van der Waals surface area contributed by atoms with Gasteiger partial charge in [-0.05, 0) is 75.0 Å². The Morgan fingerprint density at radius 3 is 1.84 bits per heavy atom. The molecule has 0 saturated carbocycles. The average Bonchev–Trinajstić information content (AvgIpc) is 3.73. The number of hydrogen-bond donors (Lipinski definition) is 0. The summed E-state index contributed by atoms with van der Waals surface area (Å²) < 4.78 is 13.8. The molecule has 3 nitrogen and oxygen atoms in total. The van der Waals surface area contributed by atoms with Crippen LogP contribution in [0, 0.1) is 0 Å². The molecule has 0 atom stereocenters. The number of hydrogen-bond acceptors (Lipinski definition) is 3. The zero-order valence-corrected chi connectivity index (χ0v) is 30.2. The average molecular weight is 654 g/mol. The Morgan fingerprint density at radius 1 is 0.500 bits per heavy atom. The largest absolute Gasteiger partial charge is 0.454 e. The molecule has 0 bridgehead atoms. The molecule has 6 aromatic carbocycles. The van der Waals surface area contributed by atoms with E-state index in [0.29, 0.717) is 0 Å². The summed E-state index contributed by atoms with van der Waals surface area (Å²) in [5, 5.41) is 4.48. The topological polar surface area (TPSA) is 29.5 Å². The highest BCUT2D eigenvalue weighted by molar-refractivity contribution is 6.14. The molecule has 8 aromatic rings. The lowest BCUT2D eigenvalue weighted by molar-refractivity contribution is 0.559. The smallest absolute Gasteiger partial charge is 0.159 e. The van der Waals surface area contributed by atoms with Crippen molar-refractivity contribution in [3.8, 4) is 11.1 Å². The van der Waals surface area contributed by atoms with Crippen LogP contribution < -0.4 is 4.90 Å². The molecule has 3 heteroatoms. The molecular weight excluding hydrogens is 611 g/mol. The van der Waals surface area contributed by atoms with Crippen LogP contribution in [0.4, 0.5) is 17.1 Å². The SMILES string of the molecule is CC(C)(C)c1cc(C(C)(C)C)c2oc3c(N(c4ccc5c(c4)C(C)(C)c4ccccc4-5)c4cccc5c4oc4ccccc45)cccc3c2c1. The maximum atomic E-state index is 7.12. The lowest BCUT2D eigenvalue weighted by Crippen LogP contribution is -2.16. The van der Waals surface area contributed by atoms with E-state index in [2.05, 4.69) is 169 Å². The summed E-state index contributed by atoms with van der Waals surface area (Å²) >= 11 is 0. The molecule has 9 rings (SSSR count). The fourth-order valence-corrected chi connectivity index (χ4v) is 8.20. The second-order valence-corrected chi connectivity index (χ2v) is 16.6. The van der Waals surface area contributed by atoms with Crippen molar-refractivity contribution in [1.29, 1.82) is 0 Å². The molecule has 0 spiro atoms. The highest BCUT2D eigenvalue weighted by atomic mass is 16.3. The van der Waals surface area contributed by atoms with Gasteiger partial charge in [0.25, 0.3) is 0 Å². The standard InChI is InChI=1S/C47H43NO2/c1-45(2,3)28-25-35-34-18-14-21-40(44(34)50-42(35)38(26-28)46(4,5)6)48(39-20-13-17-33-32-16-10-12-22-41(32)49-43(33)39)29-23-24-31-30-15-9-11-19-36(30)47(7,8)37(31)27-29/h9-27H,1-8H3. The Hall–Kier alpha value is -5.28. The van der Waals surface area contributed by atoms with E-state index >= 15 is 0 Å². The van der Waals surface area contributed by atoms with Crippen LogP contribution in [-0.2, 0) is 16.2 Å². The highest BCUT2D eigenvalue weighted by Gasteiger charge is 2.36. The first-order chi connectivity index (χ1) is 23.8. The van der Waals surface area contributed by atoms with Crippen LogP contribution in [0.1, 0.15) is 77.6 Å². The lowest BCUT2D eigenvalue weighted by Gasteiger charge is -2.28. The molecule has 0 radical (unpaired) electrons. The van der Waals surface area contributed by atoms with Gasteiger partial charge >= 0.3 is 0 Å². The van der Waals surface area contributed by atoms with Crippen molar-refractivity contribution < 1.29 is 8.83 Å². The van der Waals surface area contributed by atoms with Crippen LogP contribution in [-0.4, -0.2) is 0 Å². The second kappa shape index (κ2) is 10.4. The van der Waals surface area contributed by atoms with E-state index in [1.807, 2.05) is 6.07 Å². The molecule has 50 heavy (non-hydrogen) atoms.